The third kappa shape index (κ3) is 3.99. The average molecular weight is 648 g/mol. The summed E-state index contributed by atoms with van der Waals surface area (Å²) >= 11 is 0. The fraction of sp³-hybridized carbons (Fsp3) is 0.279. The minimum Gasteiger partial charge on any atom is -0.497 e. The van der Waals surface area contributed by atoms with Gasteiger partial charge in [-0.15, -0.1) is 0 Å². The molecule has 1 spiro atoms. The Kier molecular flexibility index (Phi) is 6.55. The van der Waals surface area contributed by atoms with Crippen LogP contribution < -0.4 is 23.7 Å². The highest BCUT2D eigenvalue weighted by Crippen LogP contribution is 2.69. The Bertz CT molecular complexity index is 2180. The van der Waals surface area contributed by atoms with Crippen molar-refractivity contribution in [2.75, 3.05) is 28.4 Å². The lowest BCUT2D eigenvalue weighted by molar-refractivity contribution is 0.162. The molecule has 5 aromatic carbocycles. The number of benzene rings is 5. The van der Waals surface area contributed by atoms with Crippen molar-refractivity contribution in [1.29, 1.82) is 5.26 Å². The molecule has 3 unspecified atom stereocenters. The summed E-state index contributed by atoms with van der Waals surface area (Å²) in [6.07, 6.45) is 9.25. The standard InChI is InChI=1S/C43H37NO5/c1-45-30-12-8-27(9-13-30)43(28-10-14-31(46-2)15-11-28)18-17-33-40-39(34-21-37(47-3)38(48-4)22-35(34)41(33)49-43)32-16-6-26(24-44)20-36(32)42(40)23-25-5-7-29(42)19-25/h6,8-18,20-22,25,29H,5,7,19,23H2,1-4H3. The van der Waals surface area contributed by atoms with Crippen LogP contribution in [0.5, 0.6) is 28.7 Å². The average Bonchev–Trinajstić information content (AvgIpc) is 3.86. The zero-order valence-corrected chi connectivity index (χ0v) is 28.1. The van der Waals surface area contributed by atoms with E-state index in [-0.39, 0.29) is 5.41 Å². The van der Waals surface area contributed by atoms with E-state index in [1.54, 1.807) is 28.4 Å². The summed E-state index contributed by atoms with van der Waals surface area (Å²) in [4.78, 5) is 0. The first kappa shape index (κ1) is 29.7. The van der Waals surface area contributed by atoms with Crippen LogP contribution in [-0.4, -0.2) is 28.4 Å². The molecule has 3 aliphatic carbocycles. The molecule has 6 heteroatoms. The fourth-order valence-electron chi connectivity index (χ4n) is 9.67. The van der Waals surface area contributed by atoms with Crippen molar-refractivity contribution in [1.82, 2.24) is 0 Å². The van der Waals surface area contributed by atoms with Crippen molar-refractivity contribution < 1.29 is 23.7 Å². The van der Waals surface area contributed by atoms with Crippen molar-refractivity contribution in [2.24, 2.45) is 11.8 Å². The molecule has 1 aliphatic heterocycles. The zero-order valence-electron chi connectivity index (χ0n) is 28.1. The van der Waals surface area contributed by atoms with Crippen LogP contribution in [0.3, 0.4) is 0 Å². The number of hydrogen-bond acceptors (Lipinski definition) is 6. The summed E-state index contributed by atoms with van der Waals surface area (Å²) in [5, 5.41) is 12.1. The number of hydrogen-bond donors (Lipinski definition) is 0. The number of fused-ring (bicyclic) bond motifs is 13. The molecule has 1 heterocycles. The zero-order chi connectivity index (χ0) is 33.5. The molecule has 244 valence electrons. The second kappa shape index (κ2) is 10.8. The fourth-order valence-corrected chi connectivity index (χ4v) is 9.67. The van der Waals surface area contributed by atoms with Crippen LogP contribution in [-0.2, 0) is 11.0 Å². The lowest BCUT2D eigenvalue weighted by Crippen LogP contribution is -2.36. The van der Waals surface area contributed by atoms with Gasteiger partial charge in [0.15, 0.2) is 17.1 Å². The number of rotatable bonds is 6. The summed E-state index contributed by atoms with van der Waals surface area (Å²) in [7, 11) is 6.72. The Labute approximate surface area is 286 Å². The largest absolute Gasteiger partial charge is 0.497 e. The molecule has 5 aromatic rings. The Morgan fingerprint density at radius 2 is 1.41 bits per heavy atom. The van der Waals surface area contributed by atoms with E-state index >= 15 is 0 Å². The smallest absolute Gasteiger partial charge is 0.178 e. The highest BCUT2D eigenvalue weighted by molar-refractivity contribution is 6.10. The van der Waals surface area contributed by atoms with Gasteiger partial charge in [0.05, 0.1) is 40.1 Å². The number of methoxy groups -OCH3 is 4. The molecule has 0 amide bonds. The minimum absolute atomic E-state index is 0.195. The van der Waals surface area contributed by atoms with Gasteiger partial charge in [-0.1, -0.05) is 42.8 Å². The molecule has 2 fully saturated rings. The number of nitriles is 1. The maximum absolute atomic E-state index is 10.1. The molecule has 2 bridgehead atoms. The van der Waals surface area contributed by atoms with E-state index in [9.17, 15) is 5.26 Å². The lowest BCUT2D eigenvalue weighted by atomic mass is 9.65. The molecule has 2 saturated carbocycles. The summed E-state index contributed by atoms with van der Waals surface area (Å²) < 4.78 is 30.5. The molecular weight excluding hydrogens is 610 g/mol. The Hall–Kier alpha value is -5.41. The quantitative estimate of drug-likeness (QED) is 0.183. The van der Waals surface area contributed by atoms with E-state index in [1.165, 1.54) is 41.5 Å². The van der Waals surface area contributed by atoms with E-state index in [4.69, 9.17) is 23.7 Å². The van der Waals surface area contributed by atoms with Crippen molar-refractivity contribution in [3.05, 3.63) is 118 Å². The van der Waals surface area contributed by atoms with Crippen LogP contribution in [0.15, 0.2) is 84.9 Å². The van der Waals surface area contributed by atoms with Crippen molar-refractivity contribution in [3.8, 4) is 45.9 Å². The topological polar surface area (TPSA) is 69.9 Å². The van der Waals surface area contributed by atoms with Crippen LogP contribution in [0.1, 0.15) is 59.1 Å². The van der Waals surface area contributed by atoms with Gasteiger partial charge in [0.25, 0.3) is 0 Å². The predicted molar refractivity (Wildman–Crippen MR) is 190 cm³/mol. The van der Waals surface area contributed by atoms with Crippen molar-refractivity contribution in [2.45, 2.75) is 36.7 Å². The van der Waals surface area contributed by atoms with Crippen LogP contribution in [0.4, 0.5) is 0 Å². The Morgan fingerprint density at radius 3 is 1.96 bits per heavy atom. The third-order valence-corrected chi connectivity index (χ3v) is 11.8. The van der Waals surface area contributed by atoms with Crippen LogP contribution in [0.2, 0.25) is 0 Å². The van der Waals surface area contributed by atoms with E-state index in [0.29, 0.717) is 28.9 Å². The first-order valence-corrected chi connectivity index (χ1v) is 17.0. The van der Waals surface area contributed by atoms with Gasteiger partial charge in [0.2, 0.25) is 0 Å². The lowest BCUT2D eigenvalue weighted by Gasteiger charge is -2.41. The minimum atomic E-state index is -0.943. The highest BCUT2D eigenvalue weighted by atomic mass is 16.5. The summed E-state index contributed by atoms with van der Waals surface area (Å²) in [5.41, 5.74) is 7.67. The number of nitrogens with zero attached hydrogens (tertiary/aromatic N) is 1. The Morgan fingerprint density at radius 1 is 0.755 bits per heavy atom. The Balaban J connectivity index is 1.38. The summed E-state index contributed by atoms with van der Waals surface area (Å²) in [6, 6.07) is 29.2. The molecule has 0 radical (unpaired) electrons. The maximum Gasteiger partial charge on any atom is 0.178 e. The van der Waals surface area contributed by atoms with E-state index in [2.05, 4.69) is 66.8 Å². The molecule has 9 rings (SSSR count). The predicted octanol–water partition coefficient (Wildman–Crippen LogP) is 9.18. The molecule has 0 saturated heterocycles. The molecule has 0 aromatic heterocycles. The van der Waals surface area contributed by atoms with E-state index in [0.717, 1.165) is 51.1 Å². The second-order valence-electron chi connectivity index (χ2n) is 13.8. The van der Waals surface area contributed by atoms with Crippen LogP contribution >= 0.6 is 0 Å². The normalized spacial score (nSPS) is 21.9. The summed E-state index contributed by atoms with van der Waals surface area (Å²) in [5.74, 6) is 4.85. The molecule has 4 aliphatic rings. The van der Waals surface area contributed by atoms with Crippen molar-refractivity contribution in [3.63, 3.8) is 0 Å². The first-order valence-electron chi connectivity index (χ1n) is 17.0. The first-order chi connectivity index (χ1) is 24.0. The molecule has 3 atom stereocenters. The maximum atomic E-state index is 10.1. The van der Waals surface area contributed by atoms with Crippen LogP contribution in [0.25, 0.3) is 28.0 Å². The number of ether oxygens (including phenoxy) is 5. The third-order valence-electron chi connectivity index (χ3n) is 11.8. The van der Waals surface area contributed by atoms with Crippen LogP contribution in [0, 0.1) is 23.2 Å². The highest BCUT2D eigenvalue weighted by Gasteiger charge is 2.59. The van der Waals surface area contributed by atoms with Gasteiger partial charge in [-0.05, 0) is 113 Å². The van der Waals surface area contributed by atoms with Gasteiger partial charge in [-0.2, -0.15) is 5.26 Å². The van der Waals surface area contributed by atoms with Gasteiger partial charge in [-0.3, -0.25) is 0 Å². The molecular formula is C43H37NO5. The van der Waals surface area contributed by atoms with Gasteiger partial charge < -0.3 is 23.7 Å². The van der Waals surface area contributed by atoms with Gasteiger partial charge >= 0.3 is 0 Å². The van der Waals surface area contributed by atoms with Gasteiger partial charge in [-0.25, -0.2) is 0 Å². The van der Waals surface area contributed by atoms with Gasteiger partial charge in [0.1, 0.15) is 17.2 Å². The van der Waals surface area contributed by atoms with E-state index < -0.39 is 5.60 Å². The molecule has 6 nitrogen and oxygen atoms in total. The molecule has 0 N–H and O–H groups in total. The van der Waals surface area contributed by atoms with Crippen molar-refractivity contribution >= 4 is 16.8 Å². The SMILES string of the molecule is COc1ccc(C2(c3ccc(OC)cc3)C=Cc3c4c(c5cc(OC)c(OC)cc5c3O2)-c2ccc(C#N)cc2C42CC3CCC2C3)cc1. The molecule has 49 heavy (non-hydrogen) atoms. The monoisotopic (exact) mass is 647 g/mol. The van der Waals surface area contributed by atoms with E-state index in [1.807, 2.05) is 30.3 Å². The second-order valence-corrected chi connectivity index (χ2v) is 13.8. The summed E-state index contributed by atoms with van der Waals surface area (Å²) in [6.45, 7) is 0. The van der Waals surface area contributed by atoms with Gasteiger partial charge in [0, 0.05) is 27.5 Å².